The highest BCUT2D eigenvalue weighted by molar-refractivity contribution is 5.80. The summed E-state index contributed by atoms with van der Waals surface area (Å²) in [5.41, 5.74) is -1.71. The van der Waals surface area contributed by atoms with Gasteiger partial charge in [0.05, 0.1) is 22.4 Å². The molecule has 0 radical (unpaired) electrons. The van der Waals surface area contributed by atoms with Crippen molar-refractivity contribution in [2.24, 2.45) is 5.92 Å². The van der Waals surface area contributed by atoms with Crippen LogP contribution < -0.4 is 16.6 Å². The van der Waals surface area contributed by atoms with E-state index in [1.54, 1.807) is 31.2 Å². The van der Waals surface area contributed by atoms with E-state index in [0.29, 0.717) is 23.7 Å². The number of hydrogen-bond donors (Lipinski definition) is 3. The summed E-state index contributed by atoms with van der Waals surface area (Å²) < 4.78 is 0.833. The standard InChI is InChI=1S/C18H21N3O5/c1-18(9-5-4-7-12(18)16(24)25)20-14(22)10-21-15(23)11-6-2-3-8-13(11)19-17(21)26/h2-3,6,8,12H,4-5,7,9-10H2,1H3,(H,19,26)(H,20,22)(H,24,25). The number of benzene rings is 1. The van der Waals surface area contributed by atoms with E-state index in [0.717, 1.165) is 17.4 Å². The number of carbonyl (C=O) groups is 2. The Labute approximate surface area is 148 Å². The number of hydrogen-bond acceptors (Lipinski definition) is 4. The fraction of sp³-hybridized carbons (Fsp3) is 0.444. The molecule has 1 aromatic carbocycles. The van der Waals surface area contributed by atoms with E-state index in [4.69, 9.17) is 0 Å². The van der Waals surface area contributed by atoms with Gasteiger partial charge in [-0.3, -0.25) is 19.0 Å². The van der Waals surface area contributed by atoms with E-state index in [1.807, 2.05) is 0 Å². The Balaban J connectivity index is 1.86. The van der Waals surface area contributed by atoms with Gasteiger partial charge in [-0.25, -0.2) is 4.79 Å². The van der Waals surface area contributed by atoms with Crippen LogP contribution in [0.15, 0.2) is 33.9 Å². The lowest BCUT2D eigenvalue weighted by atomic mass is 9.74. The van der Waals surface area contributed by atoms with Crippen LogP contribution in [0.3, 0.4) is 0 Å². The van der Waals surface area contributed by atoms with Crippen LogP contribution in [0.2, 0.25) is 0 Å². The second kappa shape index (κ2) is 6.78. The second-order valence-electron chi connectivity index (χ2n) is 6.97. The molecule has 26 heavy (non-hydrogen) atoms. The summed E-state index contributed by atoms with van der Waals surface area (Å²) >= 11 is 0. The van der Waals surface area contributed by atoms with Gasteiger partial charge in [-0.2, -0.15) is 0 Å². The van der Waals surface area contributed by atoms with Crippen molar-refractivity contribution in [3.05, 3.63) is 45.1 Å². The van der Waals surface area contributed by atoms with Crippen LogP contribution in [-0.2, 0) is 16.1 Å². The molecule has 1 fully saturated rings. The molecular formula is C18H21N3O5. The van der Waals surface area contributed by atoms with Gasteiger partial charge in [-0.15, -0.1) is 0 Å². The largest absolute Gasteiger partial charge is 0.481 e. The number of aromatic amines is 1. The van der Waals surface area contributed by atoms with Crippen molar-refractivity contribution in [2.45, 2.75) is 44.7 Å². The van der Waals surface area contributed by atoms with Crippen LogP contribution in [0.4, 0.5) is 0 Å². The molecule has 1 aromatic heterocycles. The van der Waals surface area contributed by atoms with Gasteiger partial charge < -0.3 is 15.4 Å². The summed E-state index contributed by atoms with van der Waals surface area (Å²) in [6.07, 6.45) is 2.64. The fourth-order valence-corrected chi connectivity index (χ4v) is 3.72. The lowest BCUT2D eigenvalue weighted by Gasteiger charge is -2.39. The van der Waals surface area contributed by atoms with Gasteiger partial charge in [0.2, 0.25) is 5.91 Å². The third-order valence-corrected chi connectivity index (χ3v) is 5.12. The molecule has 1 aliphatic carbocycles. The fourth-order valence-electron chi connectivity index (χ4n) is 3.72. The maximum Gasteiger partial charge on any atom is 0.329 e. The molecule has 8 nitrogen and oxygen atoms in total. The Bertz CT molecular complexity index is 977. The molecule has 0 saturated heterocycles. The normalized spacial score (nSPS) is 22.9. The van der Waals surface area contributed by atoms with Gasteiger partial charge in [-0.1, -0.05) is 25.0 Å². The Morgan fingerprint density at radius 2 is 2.04 bits per heavy atom. The summed E-state index contributed by atoms with van der Waals surface area (Å²) in [4.78, 5) is 51.2. The minimum absolute atomic E-state index is 0.312. The van der Waals surface area contributed by atoms with E-state index in [1.165, 1.54) is 0 Å². The Morgan fingerprint density at radius 1 is 1.31 bits per heavy atom. The minimum Gasteiger partial charge on any atom is -0.481 e. The average molecular weight is 359 g/mol. The molecule has 2 atom stereocenters. The number of H-pyrrole nitrogens is 1. The smallest absolute Gasteiger partial charge is 0.329 e. The highest BCUT2D eigenvalue weighted by Crippen LogP contribution is 2.33. The van der Waals surface area contributed by atoms with E-state index >= 15 is 0 Å². The zero-order valence-corrected chi connectivity index (χ0v) is 14.4. The molecular weight excluding hydrogens is 338 g/mol. The van der Waals surface area contributed by atoms with Gasteiger partial charge >= 0.3 is 11.7 Å². The Kier molecular flexibility index (Phi) is 4.67. The summed E-state index contributed by atoms with van der Waals surface area (Å²) in [5, 5.41) is 12.5. The van der Waals surface area contributed by atoms with Gasteiger partial charge in [0.25, 0.3) is 5.56 Å². The second-order valence-corrected chi connectivity index (χ2v) is 6.97. The zero-order chi connectivity index (χ0) is 18.9. The quantitative estimate of drug-likeness (QED) is 0.747. The van der Waals surface area contributed by atoms with Crippen molar-refractivity contribution in [3.8, 4) is 0 Å². The summed E-state index contributed by atoms with van der Waals surface area (Å²) in [6, 6.07) is 6.56. The predicted octanol–water partition coefficient (Wildman–Crippen LogP) is 0.839. The SMILES string of the molecule is CC1(NC(=O)Cn2c(=O)[nH]c3ccccc3c2=O)CCCCC1C(=O)O. The predicted molar refractivity (Wildman–Crippen MR) is 95.0 cm³/mol. The van der Waals surface area contributed by atoms with Crippen LogP contribution in [0, 0.1) is 5.92 Å². The molecule has 3 rings (SSSR count). The number of carbonyl (C=O) groups excluding carboxylic acids is 1. The molecule has 0 spiro atoms. The zero-order valence-electron chi connectivity index (χ0n) is 14.4. The van der Waals surface area contributed by atoms with Crippen LogP contribution in [-0.4, -0.2) is 32.1 Å². The van der Waals surface area contributed by atoms with E-state index in [2.05, 4.69) is 10.3 Å². The highest BCUT2D eigenvalue weighted by Gasteiger charge is 2.42. The van der Waals surface area contributed by atoms with Crippen molar-refractivity contribution < 1.29 is 14.7 Å². The van der Waals surface area contributed by atoms with E-state index in [9.17, 15) is 24.3 Å². The molecule has 138 valence electrons. The van der Waals surface area contributed by atoms with E-state index in [-0.39, 0.29) is 0 Å². The number of carboxylic acids is 1. The number of para-hydroxylation sites is 1. The molecule has 1 amide bonds. The number of amides is 1. The number of fused-ring (bicyclic) bond motifs is 1. The van der Waals surface area contributed by atoms with E-state index < -0.39 is 41.1 Å². The van der Waals surface area contributed by atoms with Crippen molar-refractivity contribution >= 4 is 22.8 Å². The summed E-state index contributed by atoms with van der Waals surface area (Å²) in [7, 11) is 0. The number of nitrogens with one attached hydrogen (secondary N) is 2. The Hall–Kier alpha value is -2.90. The first-order valence-electron chi connectivity index (χ1n) is 8.57. The molecule has 2 unspecified atom stereocenters. The van der Waals surface area contributed by atoms with Gasteiger partial charge in [0.1, 0.15) is 6.54 Å². The topological polar surface area (TPSA) is 121 Å². The number of aliphatic carboxylic acids is 1. The first-order chi connectivity index (χ1) is 12.3. The van der Waals surface area contributed by atoms with Gasteiger partial charge in [0.15, 0.2) is 0 Å². The van der Waals surface area contributed by atoms with Crippen molar-refractivity contribution in [1.82, 2.24) is 14.9 Å². The van der Waals surface area contributed by atoms with Gasteiger partial charge in [0, 0.05) is 0 Å². The van der Waals surface area contributed by atoms with Crippen LogP contribution in [0.1, 0.15) is 32.6 Å². The molecule has 8 heteroatoms. The van der Waals surface area contributed by atoms with Crippen LogP contribution in [0.5, 0.6) is 0 Å². The maximum atomic E-state index is 12.5. The molecule has 2 aromatic rings. The molecule has 1 aliphatic rings. The molecule has 3 N–H and O–H groups in total. The number of aromatic nitrogens is 2. The lowest BCUT2D eigenvalue weighted by Crippen LogP contribution is -2.56. The third-order valence-electron chi connectivity index (χ3n) is 5.12. The Morgan fingerprint density at radius 3 is 2.77 bits per heavy atom. The molecule has 1 heterocycles. The number of carboxylic acid groups (broad SMARTS) is 1. The molecule has 0 bridgehead atoms. The summed E-state index contributed by atoms with van der Waals surface area (Å²) in [6.45, 7) is 1.25. The van der Waals surface area contributed by atoms with Gasteiger partial charge in [-0.05, 0) is 31.9 Å². The number of nitrogens with zero attached hydrogens (tertiary/aromatic N) is 1. The van der Waals surface area contributed by atoms with Crippen LogP contribution in [0.25, 0.3) is 10.9 Å². The summed E-state index contributed by atoms with van der Waals surface area (Å²) in [5.74, 6) is -2.19. The third kappa shape index (κ3) is 3.26. The maximum absolute atomic E-state index is 12.5. The monoisotopic (exact) mass is 359 g/mol. The first kappa shape index (κ1) is 17.9. The van der Waals surface area contributed by atoms with Crippen molar-refractivity contribution in [2.75, 3.05) is 0 Å². The molecule has 1 saturated carbocycles. The minimum atomic E-state index is -0.951. The lowest BCUT2D eigenvalue weighted by molar-refractivity contribution is -0.146. The van der Waals surface area contributed by atoms with Crippen molar-refractivity contribution in [3.63, 3.8) is 0 Å². The van der Waals surface area contributed by atoms with Crippen LogP contribution >= 0.6 is 0 Å². The number of rotatable bonds is 4. The average Bonchev–Trinajstić information content (AvgIpc) is 2.58. The first-order valence-corrected chi connectivity index (χ1v) is 8.57. The molecule has 0 aliphatic heterocycles. The highest BCUT2D eigenvalue weighted by atomic mass is 16.4. The van der Waals surface area contributed by atoms with Crippen molar-refractivity contribution in [1.29, 1.82) is 0 Å².